The fraction of sp³-hybridized carbons (Fsp3) is 0.909. The van der Waals surface area contributed by atoms with Crippen LogP contribution in [0.4, 0.5) is 0 Å². The summed E-state index contributed by atoms with van der Waals surface area (Å²) in [6.07, 6.45) is 5.70. The van der Waals surface area contributed by atoms with Crippen molar-refractivity contribution in [2.45, 2.75) is 51.0 Å². The van der Waals surface area contributed by atoms with Crippen molar-refractivity contribution in [3.63, 3.8) is 0 Å². The lowest BCUT2D eigenvalue weighted by atomic mass is 9.96. The Morgan fingerprint density at radius 2 is 1.94 bits per heavy atom. The predicted molar refractivity (Wildman–Crippen MR) is 65.0 cm³/mol. The highest BCUT2D eigenvalue weighted by Crippen LogP contribution is 2.18. The van der Waals surface area contributed by atoms with Gasteiger partial charge in [0.25, 0.3) is 0 Å². The third-order valence-electron chi connectivity index (χ3n) is 2.97. The molecule has 0 spiro atoms. The van der Waals surface area contributed by atoms with Crippen LogP contribution in [-0.2, 0) is 19.6 Å². The predicted octanol–water partition coefficient (Wildman–Crippen LogP) is 1.19. The minimum atomic E-state index is -3.24. The summed E-state index contributed by atoms with van der Waals surface area (Å²) in [6.45, 7) is 0. The molecule has 1 fully saturated rings. The molecule has 0 aromatic rings. The highest BCUT2D eigenvalue weighted by Gasteiger charge is 2.20. The summed E-state index contributed by atoms with van der Waals surface area (Å²) in [6, 6.07) is 0.0897. The number of sulfonamides is 1. The Bertz CT molecular complexity index is 333. The molecule has 0 aromatic carbocycles. The van der Waals surface area contributed by atoms with Crippen LogP contribution in [0.3, 0.4) is 0 Å². The second-order valence-corrected chi connectivity index (χ2v) is 6.32. The van der Waals surface area contributed by atoms with Crippen molar-refractivity contribution in [1.29, 1.82) is 0 Å². The van der Waals surface area contributed by atoms with Gasteiger partial charge in [-0.15, -0.1) is 0 Å². The maximum Gasteiger partial charge on any atom is 0.305 e. The summed E-state index contributed by atoms with van der Waals surface area (Å²) in [5.74, 6) is -0.364. The van der Waals surface area contributed by atoms with Crippen molar-refractivity contribution in [1.82, 2.24) is 4.72 Å². The van der Waals surface area contributed by atoms with Gasteiger partial charge in [0.05, 0.1) is 12.9 Å². The maximum atomic E-state index is 11.7. The number of carbonyl (C=O) groups is 1. The summed E-state index contributed by atoms with van der Waals surface area (Å²) in [4.78, 5) is 10.9. The molecule has 1 rings (SSSR count). The smallest absolute Gasteiger partial charge is 0.305 e. The van der Waals surface area contributed by atoms with Crippen LogP contribution in [0.15, 0.2) is 0 Å². The Hall–Kier alpha value is -0.620. The monoisotopic (exact) mass is 263 g/mol. The first-order valence-corrected chi connectivity index (χ1v) is 7.75. The molecule has 0 aromatic heterocycles. The lowest BCUT2D eigenvalue weighted by molar-refractivity contribution is -0.140. The average Bonchev–Trinajstić information content (AvgIpc) is 2.29. The van der Waals surface area contributed by atoms with Crippen molar-refractivity contribution >= 4 is 16.0 Å². The van der Waals surface area contributed by atoms with Crippen molar-refractivity contribution in [2.24, 2.45) is 0 Å². The minimum absolute atomic E-state index is 0.00139. The maximum absolute atomic E-state index is 11.7. The fourth-order valence-corrected chi connectivity index (χ4v) is 3.43. The van der Waals surface area contributed by atoms with E-state index in [0.717, 1.165) is 25.7 Å². The van der Waals surface area contributed by atoms with Crippen molar-refractivity contribution in [2.75, 3.05) is 12.9 Å². The fourth-order valence-electron chi connectivity index (χ4n) is 2.04. The Balaban J connectivity index is 2.27. The SMILES string of the molecule is COC(=O)CCCS(=O)(=O)NC1CCCCC1. The van der Waals surface area contributed by atoms with Gasteiger partial charge in [0.2, 0.25) is 10.0 Å². The van der Waals surface area contributed by atoms with E-state index in [9.17, 15) is 13.2 Å². The Morgan fingerprint density at radius 1 is 1.29 bits per heavy atom. The van der Waals surface area contributed by atoms with Gasteiger partial charge in [0.1, 0.15) is 0 Å². The van der Waals surface area contributed by atoms with Crippen LogP contribution >= 0.6 is 0 Å². The third kappa shape index (κ3) is 6.02. The van der Waals surface area contributed by atoms with Crippen molar-refractivity contribution in [3.8, 4) is 0 Å². The summed E-state index contributed by atoms with van der Waals surface area (Å²) in [5.41, 5.74) is 0. The molecule has 0 heterocycles. The van der Waals surface area contributed by atoms with Crippen LogP contribution < -0.4 is 4.72 Å². The molecule has 100 valence electrons. The van der Waals surface area contributed by atoms with Crippen LogP contribution in [0.2, 0.25) is 0 Å². The number of ether oxygens (including phenoxy) is 1. The second-order valence-electron chi connectivity index (χ2n) is 4.45. The van der Waals surface area contributed by atoms with Gasteiger partial charge in [-0.05, 0) is 19.3 Å². The van der Waals surface area contributed by atoms with Crippen molar-refractivity contribution in [3.05, 3.63) is 0 Å². The van der Waals surface area contributed by atoms with Crippen LogP contribution in [0.25, 0.3) is 0 Å². The van der Waals surface area contributed by atoms with Crippen LogP contribution in [0.1, 0.15) is 44.9 Å². The summed E-state index contributed by atoms with van der Waals surface area (Å²) >= 11 is 0. The van der Waals surface area contributed by atoms with E-state index < -0.39 is 10.0 Å². The zero-order chi connectivity index (χ0) is 12.7. The van der Waals surface area contributed by atoms with Crippen molar-refractivity contribution < 1.29 is 17.9 Å². The Morgan fingerprint density at radius 3 is 2.53 bits per heavy atom. The first-order chi connectivity index (χ1) is 8.03. The highest BCUT2D eigenvalue weighted by atomic mass is 32.2. The molecule has 17 heavy (non-hydrogen) atoms. The molecule has 0 amide bonds. The number of nitrogens with one attached hydrogen (secondary N) is 1. The molecular weight excluding hydrogens is 242 g/mol. The minimum Gasteiger partial charge on any atom is -0.469 e. The first-order valence-electron chi connectivity index (χ1n) is 6.10. The second kappa shape index (κ2) is 6.96. The van der Waals surface area contributed by atoms with Gasteiger partial charge in [-0.1, -0.05) is 19.3 Å². The van der Waals surface area contributed by atoms with Gasteiger partial charge >= 0.3 is 5.97 Å². The molecule has 1 aliphatic carbocycles. The van der Waals surface area contributed by atoms with E-state index >= 15 is 0 Å². The highest BCUT2D eigenvalue weighted by molar-refractivity contribution is 7.89. The number of rotatable bonds is 6. The van der Waals surface area contributed by atoms with Gasteiger partial charge < -0.3 is 4.74 Å². The van der Waals surface area contributed by atoms with E-state index in [4.69, 9.17) is 0 Å². The normalized spacial score (nSPS) is 17.9. The Labute approximate surface area is 103 Å². The zero-order valence-corrected chi connectivity index (χ0v) is 11.1. The van der Waals surface area contributed by atoms with E-state index in [0.29, 0.717) is 6.42 Å². The van der Waals surface area contributed by atoms with Gasteiger partial charge in [-0.25, -0.2) is 13.1 Å². The zero-order valence-electron chi connectivity index (χ0n) is 10.3. The molecule has 5 nitrogen and oxygen atoms in total. The molecule has 0 saturated heterocycles. The third-order valence-corrected chi connectivity index (χ3v) is 4.49. The number of carbonyl (C=O) groups excluding carboxylic acids is 1. The lowest BCUT2D eigenvalue weighted by Crippen LogP contribution is -2.37. The standard InChI is InChI=1S/C11H21NO4S/c1-16-11(13)8-5-9-17(14,15)12-10-6-3-2-4-7-10/h10,12H,2-9H2,1H3. The molecule has 6 heteroatoms. The average molecular weight is 263 g/mol. The van der Waals surface area contributed by atoms with Gasteiger partial charge in [-0.3, -0.25) is 4.79 Å². The Kier molecular flexibility index (Phi) is 5.91. The first kappa shape index (κ1) is 14.4. The summed E-state index contributed by atoms with van der Waals surface area (Å²) in [5, 5.41) is 0. The van der Waals surface area contributed by atoms with Crippen LogP contribution in [0.5, 0.6) is 0 Å². The lowest BCUT2D eigenvalue weighted by Gasteiger charge is -2.22. The van der Waals surface area contributed by atoms with Crippen LogP contribution in [0, 0.1) is 0 Å². The molecule has 0 aliphatic heterocycles. The van der Waals surface area contributed by atoms with E-state index in [1.54, 1.807) is 0 Å². The quantitative estimate of drug-likeness (QED) is 0.731. The molecule has 0 unspecified atom stereocenters. The topological polar surface area (TPSA) is 72.5 Å². The summed E-state index contributed by atoms with van der Waals surface area (Å²) in [7, 11) is -1.94. The van der Waals surface area contributed by atoms with E-state index in [1.165, 1.54) is 13.5 Å². The number of hydrogen-bond donors (Lipinski definition) is 1. The molecule has 1 saturated carbocycles. The van der Waals surface area contributed by atoms with E-state index in [1.807, 2.05) is 0 Å². The van der Waals surface area contributed by atoms with E-state index in [2.05, 4.69) is 9.46 Å². The number of hydrogen-bond acceptors (Lipinski definition) is 4. The molecular formula is C11H21NO4S. The van der Waals surface area contributed by atoms with Gasteiger partial charge in [0, 0.05) is 12.5 Å². The summed E-state index contributed by atoms with van der Waals surface area (Å²) < 4.78 is 30.6. The molecule has 0 radical (unpaired) electrons. The molecule has 1 aliphatic rings. The molecule has 1 N–H and O–H groups in total. The largest absolute Gasteiger partial charge is 0.469 e. The molecule has 0 bridgehead atoms. The molecule has 0 atom stereocenters. The number of methoxy groups -OCH3 is 1. The van der Waals surface area contributed by atoms with E-state index in [-0.39, 0.29) is 24.2 Å². The number of esters is 1. The van der Waals surface area contributed by atoms with Crippen LogP contribution in [-0.4, -0.2) is 33.3 Å². The van der Waals surface area contributed by atoms with Gasteiger partial charge in [-0.2, -0.15) is 0 Å². The van der Waals surface area contributed by atoms with Gasteiger partial charge in [0.15, 0.2) is 0 Å².